The highest BCUT2D eigenvalue weighted by molar-refractivity contribution is 6.04. The van der Waals surface area contributed by atoms with Crippen molar-refractivity contribution < 1.29 is 23.8 Å². The van der Waals surface area contributed by atoms with E-state index in [4.69, 9.17) is 19.0 Å². The number of anilines is 1. The number of rotatable bonds is 7. The van der Waals surface area contributed by atoms with Crippen LogP contribution in [0, 0.1) is 0 Å². The summed E-state index contributed by atoms with van der Waals surface area (Å²) in [7, 11) is 1.51. The molecule has 0 aliphatic heterocycles. The van der Waals surface area contributed by atoms with Crippen LogP contribution in [0.3, 0.4) is 0 Å². The van der Waals surface area contributed by atoms with Crippen LogP contribution in [0.25, 0.3) is 11.5 Å². The summed E-state index contributed by atoms with van der Waals surface area (Å²) < 4.78 is 15.7. The van der Waals surface area contributed by atoms with Gasteiger partial charge in [0.1, 0.15) is 6.61 Å². The van der Waals surface area contributed by atoms with E-state index in [0.717, 1.165) is 5.56 Å². The van der Waals surface area contributed by atoms with Crippen LogP contribution in [0.2, 0.25) is 0 Å². The molecule has 0 spiro atoms. The van der Waals surface area contributed by atoms with Crippen molar-refractivity contribution >= 4 is 11.6 Å². The molecule has 1 heterocycles. The molecule has 26 heavy (non-hydrogen) atoms. The number of aliphatic hydroxyl groups excluding tert-OH is 1. The lowest BCUT2D eigenvalue weighted by Crippen LogP contribution is -2.12. The van der Waals surface area contributed by atoms with Gasteiger partial charge in [0.15, 0.2) is 11.5 Å². The number of nitrogens with zero attached hydrogens (tertiary/aromatic N) is 2. The normalized spacial score (nSPS) is 10.4. The zero-order valence-corrected chi connectivity index (χ0v) is 14.0. The summed E-state index contributed by atoms with van der Waals surface area (Å²) in [6.07, 6.45) is 1.26. The molecule has 0 aliphatic rings. The summed E-state index contributed by atoms with van der Waals surface area (Å²) in [5, 5.41) is 19.2. The van der Waals surface area contributed by atoms with E-state index in [0.29, 0.717) is 28.6 Å². The summed E-state index contributed by atoms with van der Waals surface area (Å²) in [6, 6.07) is 11.9. The largest absolute Gasteiger partial charge is 0.493 e. The Morgan fingerprint density at radius 2 is 2.00 bits per heavy atom. The molecule has 0 saturated carbocycles. The molecule has 0 saturated heterocycles. The number of hydrogen-bond acceptors (Lipinski definition) is 7. The monoisotopic (exact) mass is 355 g/mol. The molecule has 2 aromatic carbocycles. The maximum Gasteiger partial charge on any atom is 0.255 e. The highest BCUT2D eigenvalue weighted by Gasteiger charge is 2.12. The van der Waals surface area contributed by atoms with Crippen LogP contribution in [-0.4, -0.2) is 41.5 Å². The van der Waals surface area contributed by atoms with Gasteiger partial charge in [0.25, 0.3) is 5.91 Å². The first-order chi connectivity index (χ1) is 12.7. The number of hydrogen-bond donors (Lipinski definition) is 2. The van der Waals surface area contributed by atoms with E-state index in [1.807, 2.05) is 0 Å². The molecule has 0 fully saturated rings. The van der Waals surface area contributed by atoms with Crippen LogP contribution >= 0.6 is 0 Å². The lowest BCUT2D eigenvalue weighted by Gasteiger charge is -2.12. The second-order valence-electron chi connectivity index (χ2n) is 5.21. The molecule has 134 valence electrons. The number of amides is 1. The van der Waals surface area contributed by atoms with Crippen LogP contribution in [0.1, 0.15) is 10.4 Å². The quantitative estimate of drug-likeness (QED) is 0.670. The van der Waals surface area contributed by atoms with E-state index in [1.165, 1.54) is 13.5 Å². The van der Waals surface area contributed by atoms with Gasteiger partial charge in [0.2, 0.25) is 12.3 Å². The third kappa shape index (κ3) is 3.98. The van der Waals surface area contributed by atoms with Crippen LogP contribution in [0.4, 0.5) is 5.69 Å². The van der Waals surface area contributed by atoms with Crippen molar-refractivity contribution in [1.82, 2.24) is 10.2 Å². The van der Waals surface area contributed by atoms with Crippen molar-refractivity contribution in [3.05, 3.63) is 54.4 Å². The first kappa shape index (κ1) is 17.4. The van der Waals surface area contributed by atoms with Gasteiger partial charge < -0.3 is 24.3 Å². The first-order valence-corrected chi connectivity index (χ1v) is 7.81. The van der Waals surface area contributed by atoms with E-state index >= 15 is 0 Å². The van der Waals surface area contributed by atoms with Crippen molar-refractivity contribution in [1.29, 1.82) is 0 Å². The van der Waals surface area contributed by atoms with Gasteiger partial charge in [-0.1, -0.05) is 0 Å². The highest BCUT2D eigenvalue weighted by atomic mass is 16.5. The van der Waals surface area contributed by atoms with Crippen LogP contribution in [0.5, 0.6) is 11.5 Å². The van der Waals surface area contributed by atoms with Gasteiger partial charge in [-0.2, -0.15) is 0 Å². The van der Waals surface area contributed by atoms with Gasteiger partial charge in [-0.25, -0.2) is 0 Å². The second-order valence-corrected chi connectivity index (χ2v) is 5.21. The Kier molecular flexibility index (Phi) is 5.45. The van der Waals surface area contributed by atoms with Gasteiger partial charge in [-0.05, 0) is 42.5 Å². The summed E-state index contributed by atoms with van der Waals surface area (Å²) in [5.41, 5.74) is 1.77. The Labute approximate surface area is 149 Å². The molecule has 2 N–H and O–H groups in total. The fourth-order valence-electron chi connectivity index (χ4n) is 2.28. The number of nitrogens with one attached hydrogen (secondary N) is 1. The van der Waals surface area contributed by atoms with Crippen molar-refractivity contribution in [2.75, 3.05) is 25.6 Å². The fourth-order valence-corrected chi connectivity index (χ4v) is 2.28. The fraction of sp³-hybridized carbons (Fsp3) is 0.167. The van der Waals surface area contributed by atoms with Gasteiger partial charge in [-0.3, -0.25) is 4.79 Å². The molecule has 0 radical (unpaired) electrons. The molecule has 0 aliphatic carbocycles. The SMILES string of the molecule is COc1ccc(C(=O)Nc2ccc(-c3nnco3)cc2)cc1OCCO. The Hall–Kier alpha value is -3.39. The van der Waals surface area contributed by atoms with E-state index in [2.05, 4.69) is 15.5 Å². The Morgan fingerprint density at radius 3 is 2.65 bits per heavy atom. The van der Waals surface area contributed by atoms with Crippen LogP contribution < -0.4 is 14.8 Å². The minimum absolute atomic E-state index is 0.110. The average Bonchev–Trinajstić information content (AvgIpc) is 3.21. The Bertz CT molecular complexity index is 863. The number of carbonyl (C=O) groups excluding carboxylic acids is 1. The van der Waals surface area contributed by atoms with Crippen LogP contribution in [0.15, 0.2) is 53.3 Å². The predicted octanol–water partition coefficient (Wildman–Crippen LogP) is 2.37. The standard InChI is InChI=1S/C18H17N3O5/c1-24-15-7-4-13(10-16(15)25-9-8-22)17(23)20-14-5-2-12(3-6-14)18-21-19-11-26-18/h2-7,10-11,22H,8-9H2,1H3,(H,20,23). The Morgan fingerprint density at radius 1 is 1.19 bits per heavy atom. The summed E-state index contributed by atoms with van der Waals surface area (Å²) in [6.45, 7) is -0.0233. The molecular weight excluding hydrogens is 338 g/mol. The van der Waals surface area contributed by atoms with Crippen molar-refractivity contribution in [2.45, 2.75) is 0 Å². The van der Waals surface area contributed by atoms with E-state index < -0.39 is 0 Å². The summed E-state index contributed by atoms with van der Waals surface area (Å²) in [5.74, 6) is 0.982. The maximum absolute atomic E-state index is 12.5. The highest BCUT2D eigenvalue weighted by Crippen LogP contribution is 2.28. The average molecular weight is 355 g/mol. The van der Waals surface area contributed by atoms with Gasteiger partial charge >= 0.3 is 0 Å². The van der Waals surface area contributed by atoms with E-state index in [9.17, 15) is 4.79 Å². The third-order valence-electron chi connectivity index (χ3n) is 3.52. The number of aromatic nitrogens is 2. The van der Waals surface area contributed by atoms with E-state index in [-0.39, 0.29) is 19.1 Å². The smallest absolute Gasteiger partial charge is 0.255 e. The number of benzene rings is 2. The van der Waals surface area contributed by atoms with Gasteiger partial charge in [0.05, 0.1) is 13.7 Å². The van der Waals surface area contributed by atoms with Crippen LogP contribution in [-0.2, 0) is 0 Å². The molecule has 3 rings (SSSR count). The number of carbonyl (C=O) groups is 1. The maximum atomic E-state index is 12.5. The molecule has 8 heteroatoms. The van der Waals surface area contributed by atoms with Crippen molar-refractivity contribution in [2.24, 2.45) is 0 Å². The number of ether oxygens (including phenoxy) is 2. The zero-order valence-electron chi connectivity index (χ0n) is 14.0. The lowest BCUT2D eigenvalue weighted by atomic mass is 10.1. The number of methoxy groups -OCH3 is 1. The minimum atomic E-state index is -0.299. The number of aliphatic hydroxyl groups is 1. The minimum Gasteiger partial charge on any atom is -0.493 e. The summed E-state index contributed by atoms with van der Waals surface area (Å²) >= 11 is 0. The molecule has 0 unspecified atom stereocenters. The molecule has 3 aromatic rings. The topological polar surface area (TPSA) is 107 Å². The van der Waals surface area contributed by atoms with Crippen molar-refractivity contribution in [3.63, 3.8) is 0 Å². The third-order valence-corrected chi connectivity index (χ3v) is 3.52. The molecule has 0 bridgehead atoms. The zero-order chi connectivity index (χ0) is 18.4. The molecule has 1 amide bonds. The second kappa shape index (κ2) is 8.13. The molecule has 0 atom stereocenters. The molecular formula is C18H17N3O5. The molecule has 1 aromatic heterocycles. The van der Waals surface area contributed by atoms with Crippen molar-refractivity contribution in [3.8, 4) is 23.0 Å². The van der Waals surface area contributed by atoms with Gasteiger partial charge in [-0.15, -0.1) is 10.2 Å². The Balaban J connectivity index is 1.73. The lowest BCUT2D eigenvalue weighted by molar-refractivity contribution is 0.102. The van der Waals surface area contributed by atoms with Gasteiger partial charge in [0, 0.05) is 16.8 Å². The summed E-state index contributed by atoms with van der Waals surface area (Å²) in [4.78, 5) is 12.5. The first-order valence-electron chi connectivity index (χ1n) is 7.81. The molecule has 8 nitrogen and oxygen atoms in total. The van der Waals surface area contributed by atoms with E-state index in [1.54, 1.807) is 42.5 Å². The predicted molar refractivity (Wildman–Crippen MR) is 93.3 cm³/mol.